The molecule has 1 fully saturated rings. The van der Waals surface area contributed by atoms with E-state index in [4.69, 9.17) is 11.6 Å². The van der Waals surface area contributed by atoms with E-state index in [9.17, 15) is 4.79 Å². The van der Waals surface area contributed by atoms with Crippen LogP contribution in [0.25, 0.3) is 0 Å². The minimum absolute atomic E-state index is 0.257. The number of benzene rings is 1. The zero-order valence-corrected chi connectivity index (χ0v) is 13.4. The third kappa shape index (κ3) is 4.13. The van der Waals surface area contributed by atoms with Gasteiger partial charge in [0.05, 0.1) is 11.4 Å². The molecule has 1 aliphatic heterocycles. The molecular formula is C15H19ClN6O. The van der Waals surface area contributed by atoms with Gasteiger partial charge in [-0.05, 0) is 31.0 Å². The number of nitrogens with zero attached hydrogens (tertiary/aromatic N) is 3. The van der Waals surface area contributed by atoms with E-state index >= 15 is 0 Å². The Bertz CT molecular complexity index is 654. The summed E-state index contributed by atoms with van der Waals surface area (Å²) in [6.45, 7) is 2.48. The van der Waals surface area contributed by atoms with Gasteiger partial charge in [-0.25, -0.2) is 9.78 Å². The summed E-state index contributed by atoms with van der Waals surface area (Å²) in [4.78, 5) is 18.4. The lowest BCUT2D eigenvalue weighted by Gasteiger charge is -2.22. The summed E-state index contributed by atoms with van der Waals surface area (Å²) in [5.41, 5.74) is 1.74. The summed E-state index contributed by atoms with van der Waals surface area (Å²) in [6, 6.07) is 5.33. The minimum Gasteiger partial charge on any atom is -0.370 e. The summed E-state index contributed by atoms with van der Waals surface area (Å²) in [6.07, 6.45) is 4.39. The predicted octanol–water partition coefficient (Wildman–Crippen LogP) is 2.42. The standard InChI is InChI=1S/C15H19ClN6O/c16-11-3-4-13(22-7-1-2-8-22)12(9-11)20-15(23)17-6-5-14-18-10-19-21-14/h3-4,9-10H,1-2,5-8H2,(H2,17,20,23)(H,18,19,21). The normalized spacial score (nSPS) is 14.0. The lowest BCUT2D eigenvalue weighted by Crippen LogP contribution is -2.31. The van der Waals surface area contributed by atoms with Crippen molar-refractivity contribution in [2.75, 3.05) is 29.9 Å². The average molecular weight is 335 g/mol. The highest BCUT2D eigenvalue weighted by Gasteiger charge is 2.17. The van der Waals surface area contributed by atoms with Gasteiger partial charge in [-0.1, -0.05) is 11.6 Å². The van der Waals surface area contributed by atoms with E-state index in [0.29, 0.717) is 18.0 Å². The zero-order chi connectivity index (χ0) is 16.1. The van der Waals surface area contributed by atoms with Crippen LogP contribution in [-0.4, -0.2) is 40.8 Å². The van der Waals surface area contributed by atoms with E-state index in [1.54, 1.807) is 6.07 Å². The van der Waals surface area contributed by atoms with Crippen LogP contribution in [0.4, 0.5) is 16.2 Å². The molecule has 1 aromatic heterocycles. The van der Waals surface area contributed by atoms with Gasteiger partial charge in [-0.15, -0.1) is 0 Å². The molecule has 0 radical (unpaired) electrons. The van der Waals surface area contributed by atoms with Crippen LogP contribution in [0.15, 0.2) is 24.5 Å². The van der Waals surface area contributed by atoms with E-state index in [-0.39, 0.29) is 6.03 Å². The van der Waals surface area contributed by atoms with Gasteiger partial charge in [0.15, 0.2) is 0 Å². The van der Waals surface area contributed by atoms with Gasteiger partial charge in [-0.2, -0.15) is 5.10 Å². The third-order valence-corrected chi connectivity index (χ3v) is 4.00. The maximum Gasteiger partial charge on any atom is 0.319 e. The van der Waals surface area contributed by atoms with Crippen LogP contribution in [0.5, 0.6) is 0 Å². The molecule has 0 spiro atoms. The number of carbonyl (C=O) groups is 1. The quantitative estimate of drug-likeness (QED) is 0.783. The maximum atomic E-state index is 12.1. The Morgan fingerprint density at radius 1 is 1.35 bits per heavy atom. The van der Waals surface area contributed by atoms with Crippen molar-refractivity contribution in [3.05, 3.63) is 35.4 Å². The van der Waals surface area contributed by atoms with Crippen molar-refractivity contribution in [2.24, 2.45) is 0 Å². The van der Waals surface area contributed by atoms with Crippen molar-refractivity contribution in [2.45, 2.75) is 19.3 Å². The van der Waals surface area contributed by atoms with Crippen molar-refractivity contribution in [3.8, 4) is 0 Å². The van der Waals surface area contributed by atoms with Gasteiger partial charge in [-0.3, -0.25) is 5.10 Å². The van der Waals surface area contributed by atoms with Gasteiger partial charge in [0.2, 0.25) is 0 Å². The molecule has 23 heavy (non-hydrogen) atoms. The summed E-state index contributed by atoms with van der Waals surface area (Å²) in [5.74, 6) is 0.741. The fourth-order valence-corrected chi connectivity index (χ4v) is 2.83. The number of halogens is 1. The molecule has 7 nitrogen and oxygen atoms in total. The monoisotopic (exact) mass is 334 g/mol. The number of H-pyrrole nitrogens is 1. The van der Waals surface area contributed by atoms with Crippen LogP contribution in [0, 0.1) is 0 Å². The third-order valence-electron chi connectivity index (χ3n) is 3.77. The van der Waals surface area contributed by atoms with Gasteiger partial charge >= 0.3 is 6.03 Å². The highest BCUT2D eigenvalue weighted by molar-refractivity contribution is 6.31. The van der Waals surface area contributed by atoms with Crippen LogP contribution in [0.3, 0.4) is 0 Å². The molecule has 0 atom stereocenters. The van der Waals surface area contributed by atoms with E-state index in [1.165, 1.54) is 19.2 Å². The largest absolute Gasteiger partial charge is 0.370 e. The molecule has 3 rings (SSSR count). The first-order valence-electron chi connectivity index (χ1n) is 7.66. The number of hydrogen-bond donors (Lipinski definition) is 3. The number of anilines is 2. The first-order chi connectivity index (χ1) is 11.2. The lowest BCUT2D eigenvalue weighted by molar-refractivity contribution is 0.252. The topological polar surface area (TPSA) is 85.9 Å². The molecule has 3 N–H and O–H groups in total. The van der Waals surface area contributed by atoms with Gasteiger partial charge in [0, 0.05) is 31.1 Å². The molecule has 0 aliphatic carbocycles. The van der Waals surface area contributed by atoms with Crippen molar-refractivity contribution in [3.63, 3.8) is 0 Å². The molecule has 2 heterocycles. The smallest absolute Gasteiger partial charge is 0.319 e. The van der Waals surface area contributed by atoms with Crippen molar-refractivity contribution >= 4 is 29.0 Å². The lowest BCUT2D eigenvalue weighted by atomic mass is 10.2. The molecule has 122 valence electrons. The van der Waals surface area contributed by atoms with Crippen LogP contribution in [0.2, 0.25) is 5.02 Å². The Balaban J connectivity index is 1.59. The Kier molecular flexibility index (Phi) is 4.97. The molecule has 8 heteroatoms. The number of amides is 2. The summed E-state index contributed by atoms with van der Waals surface area (Å²) in [7, 11) is 0. The molecule has 2 aromatic rings. The van der Waals surface area contributed by atoms with E-state index < -0.39 is 0 Å². The van der Waals surface area contributed by atoms with E-state index in [1.807, 2.05) is 12.1 Å². The fraction of sp³-hybridized carbons (Fsp3) is 0.400. The molecule has 0 saturated carbocycles. The van der Waals surface area contributed by atoms with Crippen molar-refractivity contribution < 1.29 is 4.79 Å². The number of hydrogen-bond acceptors (Lipinski definition) is 4. The summed E-state index contributed by atoms with van der Waals surface area (Å²) < 4.78 is 0. The van der Waals surface area contributed by atoms with E-state index in [2.05, 4.69) is 30.7 Å². The molecule has 1 saturated heterocycles. The fourth-order valence-electron chi connectivity index (χ4n) is 2.65. The molecule has 1 aliphatic rings. The zero-order valence-electron chi connectivity index (χ0n) is 12.7. The van der Waals surface area contributed by atoms with Gasteiger partial charge in [0.25, 0.3) is 0 Å². The van der Waals surface area contributed by atoms with Crippen LogP contribution in [-0.2, 0) is 6.42 Å². The number of carbonyl (C=O) groups excluding carboxylic acids is 1. The highest BCUT2D eigenvalue weighted by atomic mass is 35.5. The second-order valence-corrected chi connectivity index (χ2v) is 5.86. The minimum atomic E-state index is -0.257. The van der Waals surface area contributed by atoms with E-state index in [0.717, 1.165) is 30.3 Å². The summed E-state index contributed by atoms with van der Waals surface area (Å²) in [5, 5.41) is 12.8. The molecular weight excluding hydrogens is 316 g/mol. The Hall–Kier alpha value is -2.28. The van der Waals surface area contributed by atoms with Gasteiger partial charge in [0.1, 0.15) is 12.2 Å². The number of rotatable bonds is 5. The maximum absolute atomic E-state index is 12.1. The highest BCUT2D eigenvalue weighted by Crippen LogP contribution is 2.31. The van der Waals surface area contributed by atoms with Gasteiger partial charge < -0.3 is 15.5 Å². The first-order valence-corrected chi connectivity index (χ1v) is 8.04. The van der Waals surface area contributed by atoms with Crippen LogP contribution in [0.1, 0.15) is 18.7 Å². The Labute approximate surface area is 139 Å². The molecule has 0 bridgehead atoms. The summed E-state index contributed by atoms with van der Waals surface area (Å²) >= 11 is 6.07. The predicted molar refractivity (Wildman–Crippen MR) is 90.0 cm³/mol. The molecule has 2 amide bonds. The Morgan fingerprint density at radius 3 is 2.91 bits per heavy atom. The number of nitrogens with one attached hydrogen (secondary N) is 3. The molecule has 0 unspecified atom stereocenters. The number of aromatic nitrogens is 3. The Morgan fingerprint density at radius 2 is 2.17 bits per heavy atom. The number of aromatic amines is 1. The second-order valence-electron chi connectivity index (χ2n) is 5.42. The second kappa shape index (κ2) is 7.32. The van der Waals surface area contributed by atoms with Crippen LogP contribution < -0.4 is 15.5 Å². The molecule has 1 aromatic carbocycles. The van der Waals surface area contributed by atoms with Crippen LogP contribution >= 0.6 is 11.6 Å². The SMILES string of the molecule is O=C(NCCc1ncn[nH]1)Nc1cc(Cl)ccc1N1CCCC1. The van der Waals surface area contributed by atoms with Crippen molar-refractivity contribution in [1.82, 2.24) is 20.5 Å². The van der Waals surface area contributed by atoms with Crippen molar-refractivity contribution in [1.29, 1.82) is 0 Å². The number of urea groups is 1. The average Bonchev–Trinajstić information content (AvgIpc) is 3.20. The first kappa shape index (κ1) is 15.6.